The number of aromatic nitrogens is 2. The molecule has 0 amide bonds. The number of aromatic hydroxyl groups is 1. The van der Waals surface area contributed by atoms with E-state index >= 15 is 0 Å². The summed E-state index contributed by atoms with van der Waals surface area (Å²) in [5, 5.41) is 14.9. The van der Waals surface area contributed by atoms with Crippen molar-refractivity contribution in [2.75, 3.05) is 7.11 Å². The van der Waals surface area contributed by atoms with Crippen LogP contribution in [0.15, 0.2) is 51.7 Å². The first-order valence-electron chi connectivity index (χ1n) is 6.61. The zero-order valence-corrected chi connectivity index (χ0v) is 13.4. The minimum absolute atomic E-state index is 0.157. The SMILES string of the molecule is COc1ccc(Cn2nc(O)c3ccc(Br)cc3c2=O)cc1. The molecule has 0 spiro atoms. The summed E-state index contributed by atoms with van der Waals surface area (Å²) in [4.78, 5) is 12.5. The molecule has 1 aromatic heterocycles. The third-order valence-electron chi connectivity index (χ3n) is 3.39. The van der Waals surface area contributed by atoms with Gasteiger partial charge in [-0.05, 0) is 35.9 Å². The zero-order valence-electron chi connectivity index (χ0n) is 11.8. The van der Waals surface area contributed by atoms with Crippen molar-refractivity contribution in [3.63, 3.8) is 0 Å². The lowest BCUT2D eigenvalue weighted by Crippen LogP contribution is -2.23. The highest BCUT2D eigenvalue weighted by Gasteiger charge is 2.10. The number of fused-ring (bicyclic) bond motifs is 1. The monoisotopic (exact) mass is 360 g/mol. The first kappa shape index (κ1) is 14.6. The molecule has 112 valence electrons. The number of ether oxygens (including phenoxy) is 1. The quantitative estimate of drug-likeness (QED) is 0.779. The standard InChI is InChI=1S/C16H13BrN2O3/c1-22-12-5-2-10(3-6-12)9-19-16(21)14-8-11(17)4-7-13(14)15(20)18-19/h2-8H,9H2,1H3,(H,18,20). The summed E-state index contributed by atoms with van der Waals surface area (Å²) in [5.41, 5.74) is 0.647. The fraction of sp³-hybridized carbons (Fsp3) is 0.125. The third kappa shape index (κ3) is 2.69. The van der Waals surface area contributed by atoms with Gasteiger partial charge in [0.15, 0.2) is 0 Å². The Morgan fingerprint density at radius 3 is 2.59 bits per heavy atom. The van der Waals surface area contributed by atoms with Gasteiger partial charge >= 0.3 is 0 Å². The van der Waals surface area contributed by atoms with Crippen molar-refractivity contribution < 1.29 is 9.84 Å². The zero-order chi connectivity index (χ0) is 15.7. The molecule has 0 aliphatic carbocycles. The number of halogens is 1. The Morgan fingerprint density at radius 1 is 1.18 bits per heavy atom. The van der Waals surface area contributed by atoms with Crippen LogP contribution in [0, 0.1) is 0 Å². The summed E-state index contributed by atoms with van der Waals surface area (Å²) < 4.78 is 7.14. The number of rotatable bonds is 3. The molecule has 0 saturated carbocycles. The molecule has 22 heavy (non-hydrogen) atoms. The number of hydrogen-bond donors (Lipinski definition) is 1. The molecule has 0 bridgehead atoms. The fourth-order valence-corrected chi connectivity index (χ4v) is 2.61. The Kier molecular flexibility index (Phi) is 3.85. The van der Waals surface area contributed by atoms with Gasteiger partial charge in [0.25, 0.3) is 5.56 Å². The maximum Gasteiger partial charge on any atom is 0.275 e. The molecule has 0 aliphatic heterocycles. The van der Waals surface area contributed by atoms with Gasteiger partial charge in [0.2, 0.25) is 5.88 Å². The van der Waals surface area contributed by atoms with E-state index < -0.39 is 0 Å². The molecule has 3 rings (SSSR count). The number of benzene rings is 2. The molecule has 3 aromatic rings. The average molecular weight is 361 g/mol. The van der Waals surface area contributed by atoms with Crippen LogP contribution in [0.2, 0.25) is 0 Å². The second kappa shape index (κ2) is 5.81. The van der Waals surface area contributed by atoms with Crippen LogP contribution in [0.25, 0.3) is 10.8 Å². The Morgan fingerprint density at radius 2 is 1.91 bits per heavy atom. The van der Waals surface area contributed by atoms with E-state index in [2.05, 4.69) is 21.0 Å². The summed E-state index contributed by atoms with van der Waals surface area (Å²) in [7, 11) is 1.60. The average Bonchev–Trinajstić information content (AvgIpc) is 2.53. The Balaban J connectivity index is 2.06. The predicted octanol–water partition coefficient (Wildman–Crippen LogP) is 2.92. The van der Waals surface area contributed by atoms with E-state index in [1.807, 2.05) is 24.3 Å². The molecule has 6 heteroatoms. The molecular formula is C16H13BrN2O3. The molecule has 0 radical (unpaired) electrons. The molecule has 5 nitrogen and oxygen atoms in total. The number of hydrogen-bond acceptors (Lipinski definition) is 4. The van der Waals surface area contributed by atoms with Gasteiger partial charge in [0.05, 0.1) is 24.4 Å². The van der Waals surface area contributed by atoms with E-state index in [0.717, 1.165) is 15.8 Å². The smallest absolute Gasteiger partial charge is 0.275 e. The molecule has 0 saturated heterocycles. The lowest BCUT2D eigenvalue weighted by atomic mass is 10.2. The normalized spacial score (nSPS) is 10.8. The van der Waals surface area contributed by atoms with E-state index in [4.69, 9.17) is 4.74 Å². The minimum Gasteiger partial charge on any atom is -0.497 e. The van der Waals surface area contributed by atoms with E-state index in [-0.39, 0.29) is 18.0 Å². The second-order valence-corrected chi connectivity index (χ2v) is 5.74. The summed E-state index contributed by atoms with van der Waals surface area (Å²) in [6.45, 7) is 0.277. The van der Waals surface area contributed by atoms with Crippen molar-refractivity contribution in [1.29, 1.82) is 0 Å². The summed E-state index contributed by atoms with van der Waals surface area (Å²) in [6.07, 6.45) is 0. The van der Waals surface area contributed by atoms with Crippen molar-refractivity contribution in [3.05, 3.63) is 62.9 Å². The molecule has 0 aliphatic rings. The van der Waals surface area contributed by atoms with Crippen LogP contribution in [0.3, 0.4) is 0 Å². The molecule has 0 fully saturated rings. The summed E-state index contributed by atoms with van der Waals surface area (Å²) >= 11 is 3.33. The van der Waals surface area contributed by atoms with Crippen LogP contribution in [-0.4, -0.2) is 22.0 Å². The highest BCUT2D eigenvalue weighted by molar-refractivity contribution is 9.10. The van der Waals surface area contributed by atoms with Gasteiger partial charge in [-0.3, -0.25) is 4.79 Å². The van der Waals surface area contributed by atoms with E-state index in [9.17, 15) is 9.90 Å². The molecular weight excluding hydrogens is 348 g/mol. The van der Waals surface area contributed by atoms with Gasteiger partial charge in [-0.25, -0.2) is 4.68 Å². The third-order valence-corrected chi connectivity index (χ3v) is 3.89. The lowest BCUT2D eigenvalue weighted by molar-refractivity contribution is 0.414. The van der Waals surface area contributed by atoms with Crippen LogP contribution in [0.4, 0.5) is 0 Å². The van der Waals surface area contributed by atoms with Crippen LogP contribution in [0.5, 0.6) is 11.6 Å². The van der Waals surface area contributed by atoms with Gasteiger partial charge in [-0.15, -0.1) is 5.10 Å². The number of nitrogens with zero attached hydrogens (tertiary/aromatic N) is 2. The van der Waals surface area contributed by atoms with Crippen LogP contribution >= 0.6 is 15.9 Å². The lowest BCUT2D eigenvalue weighted by Gasteiger charge is -2.08. The van der Waals surface area contributed by atoms with Crippen LogP contribution in [-0.2, 0) is 6.54 Å². The maximum absolute atomic E-state index is 12.5. The van der Waals surface area contributed by atoms with Crippen LogP contribution < -0.4 is 10.3 Å². The molecule has 2 aromatic carbocycles. The Hall–Kier alpha value is -2.34. The number of methoxy groups -OCH3 is 1. The van der Waals surface area contributed by atoms with Gasteiger partial charge in [0.1, 0.15) is 5.75 Å². The highest BCUT2D eigenvalue weighted by atomic mass is 79.9. The first-order valence-corrected chi connectivity index (χ1v) is 7.40. The molecule has 0 unspecified atom stereocenters. The van der Waals surface area contributed by atoms with E-state index in [1.54, 1.807) is 25.3 Å². The Bertz CT molecular complexity index is 888. The topological polar surface area (TPSA) is 64.3 Å². The predicted molar refractivity (Wildman–Crippen MR) is 87.5 cm³/mol. The van der Waals surface area contributed by atoms with E-state index in [0.29, 0.717) is 10.8 Å². The van der Waals surface area contributed by atoms with Crippen molar-refractivity contribution in [1.82, 2.24) is 9.78 Å². The van der Waals surface area contributed by atoms with Crippen molar-refractivity contribution in [3.8, 4) is 11.6 Å². The van der Waals surface area contributed by atoms with Gasteiger partial charge < -0.3 is 9.84 Å². The minimum atomic E-state index is -0.245. The first-order chi connectivity index (χ1) is 10.6. The molecule has 0 atom stereocenters. The van der Waals surface area contributed by atoms with Crippen molar-refractivity contribution >= 4 is 26.7 Å². The highest BCUT2D eigenvalue weighted by Crippen LogP contribution is 2.22. The van der Waals surface area contributed by atoms with E-state index in [1.165, 1.54) is 4.68 Å². The summed E-state index contributed by atoms with van der Waals surface area (Å²) in [5.74, 6) is 0.588. The summed E-state index contributed by atoms with van der Waals surface area (Å²) in [6, 6.07) is 12.5. The fourth-order valence-electron chi connectivity index (χ4n) is 2.25. The largest absolute Gasteiger partial charge is 0.497 e. The molecule has 1 N–H and O–H groups in total. The van der Waals surface area contributed by atoms with Crippen molar-refractivity contribution in [2.24, 2.45) is 0 Å². The maximum atomic E-state index is 12.5. The van der Waals surface area contributed by atoms with Crippen LogP contribution in [0.1, 0.15) is 5.56 Å². The van der Waals surface area contributed by atoms with Gasteiger partial charge in [0, 0.05) is 4.47 Å². The van der Waals surface area contributed by atoms with Gasteiger partial charge in [-0.1, -0.05) is 28.1 Å². The molecule has 1 heterocycles. The van der Waals surface area contributed by atoms with Gasteiger partial charge in [-0.2, -0.15) is 0 Å². The van der Waals surface area contributed by atoms with Crippen molar-refractivity contribution in [2.45, 2.75) is 6.54 Å². The Labute approximate surface area is 134 Å². The second-order valence-electron chi connectivity index (χ2n) is 4.82.